The fourth-order valence-corrected chi connectivity index (χ4v) is 2.25. The maximum absolute atomic E-state index is 4.06. The largest absolute Gasteiger partial charge is 0.303 e. The summed E-state index contributed by atoms with van der Waals surface area (Å²) in [7, 11) is 0. The molecular formula is C11H21N. The zero-order chi connectivity index (χ0) is 9.14. The molecule has 0 aliphatic carbocycles. The van der Waals surface area contributed by atoms with Gasteiger partial charge in [0.25, 0.3) is 0 Å². The van der Waals surface area contributed by atoms with Gasteiger partial charge in [-0.3, -0.25) is 0 Å². The van der Waals surface area contributed by atoms with Crippen molar-refractivity contribution in [2.75, 3.05) is 19.6 Å². The Balaban J connectivity index is 2.47. The predicted octanol–water partition coefficient (Wildman–Crippen LogP) is 2.54. The highest BCUT2D eigenvalue weighted by atomic mass is 15.1. The van der Waals surface area contributed by atoms with Gasteiger partial charge in [-0.05, 0) is 38.3 Å². The van der Waals surface area contributed by atoms with E-state index in [1.54, 1.807) is 0 Å². The Bertz CT molecular complexity index is 162. The summed E-state index contributed by atoms with van der Waals surface area (Å²) in [5.74, 6) is 1.57. The Morgan fingerprint density at radius 1 is 1.58 bits per heavy atom. The van der Waals surface area contributed by atoms with E-state index in [1.165, 1.54) is 31.6 Å². The van der Waals surface area contributed by atoms with Crippen molar-refractivity contribution >= 4 is 0 Å². The van der Waals surface area contributed by atoms with Crippen LogP contribution in [-0.2, 0) is 0 Å². The lowest BCUT2D eigenvalue weighted by molar-refractivity contribution is 0.153. The molecule has 0 saturated carbocycles. The molecule has 1 aliphatic heterocycles. The summed E-state index contributed by atoms with van der Waals surface area (Å²) in [6, 6.07) is 0. The van der Waals surface area contributed by atoms with Crippen LogP contribution in [0, 0.1) is 11.8 Å². The topological polar surface area (TPSA) is 3.24 Å². The van der Waals surface area contributed by atoms with Crippen LogP contribution in [0.25, 0.3) is 0 Å². The number of rotatable bonds is 2. The second-order valence-electron chi connectivity index (χ2n) is 4.11. The third-order valence-corrected chi connectivity index (χ3v) is 3.07. The van der Waals surface area contributed by atoms with Crippen molar-refractivity contribution in [1.82, 2.24) is 4.90 Å². The van der Waals surface area contributed by atoms with Gasteiger partial charge < -0.3 is 4.90 Å². The highest BCUT2D eigenvalue weighted by Gasteiger charge is 2.25. The number of hydrogen-bond donors (Lipinski definition) is 0. The van der Waals surface area contributed by atoms with Gasteiger partial charge in [-0.2, -0.15) is 0 Å². The van der Waals surface area contributed by atoms with Crippen LogP contribution in [0.5, 0.6) is 0 Å². The summed E-state index contributed by atoms with van der Waals surface area (Å²) in [5.41, 5.74) is 1.37. The molecule has 0 N–H and O–H groups in total. The lowest BCUT2D eigenvalue weighted by atomic mass is 9.82. The van der Waals surface area contributed by atoms with Gasteiger partial charge in [0.1, 0.15) is 0 Å². The molecule has 1 fully saturated rings. The molecule has 0 aromatic carbocycles. The Labute approximate surface area is 76.5 Å². The van der Waals surface area contributed by atoms with Crippen LogP contribution in [-0.4, -0.2) is 24.5 Å². The third-order valence-electron chi connectivity index (χ3n) is 3.07. The van der Waals surface area contributed by atoms with E-state index in [1.807, 2.05) is 0 Å². The molecule has 0 spiro atoms. The average Bonchev–Trinajstić information content (AvgIpc) is 2.03. The Morgan fingerprint density at radius 2 is 2.25 bits per heavy atom. The third kappa shape index (κ3) is 2.10. The summed E-state index contributed by atoms with van der Waals surface area (Å²) in [6.07, 6.45) is 1.31. The summed E-state index contributed by atoms with van der Waals surface area (Å²) >= 11 is 0. The van der Waals surface area contributed by atoms with E-state index < -0.39 is 0 Å². The Hall–Kier alpha value is -0.300. The molecule has 0 amide bonds. The number of nitrogens with zero attached hydrogens (tertiary/aromatic N) is 1. The molecule has 0 bridgehead atoms. The van der Waals surface area contributed by atoms with Gasteiger partial charge in [0.15, 0.2) is 0 Å². The zero-order valence-corrected chi connectivity index (χ0v) is 8.64. The molecule has 1 saturated heterocycles. The summed E-state index contributed by atoms with van der Waals surface area (Å²) in [5, 5.41) is 0. The van der Waals surface area contributed by atoms with Gasteiger partial charge in [0, 0.05) is 6.54 Å². The van der Waals surface area contributed by atoms with Gasteiger partial charge in [0.05, 0.1) is 0 Å². The van der Waals surface area contributed by atoms with E-state index >= 15 is 0 Å². The van der Waals surface area contributed by atoms with Crippen molar-refractivity contribution < 1.29 is 0 Å². The highest BCUT2D eigenvalue weighted by molar-refractivity contribution is 5.00. The maximum atomic E-state index is 4.06. The molecule has 1 heteroatoms. The maximum Gasteiger partial charge on any atom is 0.00126 e. The molecule has 0 aromatic heterocycles. The minimum Gasteiger partial charge on any atom is -0.303 e. The van der Waals surface area contributed by atoms with Crippen LogP contribution in [0.2, 0.25) is 0 Å². The van der Waals surface area contributed by atoms with Gasteiger partial charge in [-0.25, -0.2) is 0 Å². The van der Waals surface area contributed by atoms with E-state index in [0.717, 1.165) is 11.8 Å². The van der Waals surface area contributed by atoms with Gasteiger partial charge >= 0.3 is 0 Å². The summed E-state index contributed by atoms with van der Waals surface area (Å²) in [4.78, 5) is 2.53. The van der Waals surface area contributed by atoms with Crippen LogP contribution in [0.4, 0.5) is 0 Å². The fraction of sp³-hybridized carbons (Fsp3) is 0.818. The fourth-order valence-electron chi connectivity index (χ4n) is 2.25. The minimum atomic E-state index is 0.771. The first-order valence-corrected chi connectivity index (χ1v) is 5.03. The summed E-state index contributed by atoms with van der Waals surface area (Å²) in [6.45, 7) is 14.5. The first-order valence-electron chi connectivity index (χ1n) is 5.03. The van der Waals surface area contributed by atoms with E-state index in [2.05, 4.69) is 32.3 Å². The second-order valence-corrected chi connectivity index (χ2v) is 4.11. The smallest absolute Gasteiger partial charge is 0.00126 e. The molecule has 70 valence electrons. The molecule has 1 heterocycles. The van der Waals surface area contributed by atoms with Crippen molar-refractivity contribution in [2.45, 2.75) is 27.2 Å². The van der Waals surface area contributed by atoms with E-state index in [4.69, 9.17) is 0 Å². The molecular weight excluding hydrogens is 146 g/mol. The van der Waals surface area contributed by atoms with Gasteiger partial charge in [-0.15, -0.1) is 0 Å². The van der Waals surface area contributed by atoms with Gasteiger partial charge in [-0.1, -0.05) is 26.0 Å². The molecule has 2 atom stereocenters. The quantitative estimate of drug-likeness (QED) is 0.571. The van der Waals surface area contributed by atoms with Crippen LogP contribution in [0.1, 0.15) is 27.2 Å². The monoisotopic (exact) mass is 167 g/mol. The number of allylic oxidation sites excluding steroid dienone is 1. The van der Waals surface area contributed by atoms with Crippen molar-refractivity contribution in [1.29, 1.82) is 0 Å². The van der Waals surface area contributed by atoms with Gasteiger partial charge in [0.2, 0.25) is 0 Å². The van der Waals surface area contributed by atoms with Crippen LogP contribution in [0.3, 0.4) is 0 Å². The lowest BCUT2D eigenvalue weighted by Gasteiger charge is -2.36. The van der Waals surface area contributed by atoms with Crippen LogP contribution >= 0.6 is 0 Å². The highest BCUT2D eigenvalue weighted by Crippen LogP contribution is 2.28. The standard InChI is InChI=1S/C11H21N/c1-5-12-7-6-11(9(2)3)10(4)8-12/h10-11H,2,5-8H2,1,3-4H3. The molecule has 1 nitrogen and oxygen atoms in total. The molecule has 2 unspecified atom stereocenters. The first kappa shape index (κ1) is 9.79. The van der Waals surface area contributed by atoms with Crippen molar-refractivity contribution in [2.24, 2.45) is 11.8 Å². The molecule has 1 rings (SSSR count). The Kier molecular flexibility index (Phi) is 3.33. The van der Waals surface area contributed by atoms with E-state index in [-0.39, 0.29) is 0 Å². The van der Waals surface area contributed by atoms with Crippen LogP contribution in [0.15, 0.2) is 12.2 Å². The predicted molar refractivity (Wildman–Crippen MR) is 54.2 cm³/mol. The molecule has 1 aliphatic rings. The Morgan fingerprint density at radius 3 is 2.67 bits per heavy atom. The molecule has 0 aromatic rings. The number of hydrogen-bond acceptors (Lipinski definition) is 1. The number of likely N-dealkylation sites (tertiary alicyclic amines) is 1. The minimum absolute atomic E-state index is 0.771. The van der Waals surface area contributed by atoms with E-state index in [9.17, 15) is 0 Å². The average molecular weight is 167 g/mol. The van der Waals surface area contributed by atoms with Crippen molar-refractivity contribution in [3.63, 3.8) is 0 Å². The zero-order valence-electron chi connectivity index (χ0n) is 8.64. The van der Waals surface area contributed by atoms with Crippen LogP contribution < -0.4 is 0 Å². The molecule has 0 radical (unpaired) electrons. The number of piperidine rings is 1. The second kappa shape index (κ2) is 4.08. The SMILES string of the molecule is C=C(C)C1CCN(CC)CC1C. The van der Waals surface area contributed by atoms with Crippen molar-refractivity contribution in [3.05, 3.63) is 12.2 Å². The first-order chi connectivity index (χ1) is 5.65. The molecule has 12 heavy (non-hydrogen) atoms. The summed E-state index contributed by atoms with van der Waals surface area (Å²) < 4.78 is 0. The van der Waals surface area contributed by atoms with Crippen molar-refractivity contribution in [3.8, 4) is 0 Å². The normalized spacial score (nSPS) is 31.9. The van der Waals surface area contributed by atoms with E-state index in [0.29, 0.717) is 0 Å². The lowest BCUT2D eigenvalue weighted by Crippen LogP contribution is -2.39.